The number of carbonyl (C=O) groups excluding carboxylic acids is 1. The fourth-order valence-electron chi connectivity index (χ4n) is 10.6. The van der Waals surface area contributed by atoms with Crippen molar-refractivity contribution in [2.45, 2.75) is 197 Å². The summed E-state index contributed by atoms with van der Waals surface area (Å²) in [6.07, 6.45) is 43.2. The van der Waals surface area contributed by atoms with Crippen molar-refractivity contribution in [1.29, 1.82) is 0 Å². The molecule has 0 amide bonds. The summed E-state index contributed by atoms with van der Waals surface area (Å²) < 4.78 is 0. The summed E-state index contributed by atoms with van der Waals surface area (Å²) in [5, 5.41) is 5.47. The van der Waals surface area contributed by atoms with Crippen molar-refractivity contribution >= 4 is 5.78 Å². The van der Waals surface area contributed by atoms with Gasteiger partial charge in [0.15, 0.2) is 5.78 Å². The van der Waals surface area contributed by atoms with E-state index >= 15 is 0 Å². The molecule has 0 radical (unpaired) electrons. The molecule has 0 aromatic heterocycles. The largest absolute Gasteiger partial charge is 0.389 e. The summed E-state index contributed by atoms with van der Waals surface area (Å²) in [4.78, 5) is 13.1. The van der Waals surface area contributed by atoms with Crippen molar-refractivity contribution in [3.05, 3.63) is 109 Å². The van der Waals surface area contributed by atoms with Crippen LogP contribution in [0.1, 0.15) is 191 Å². The second kappa shape index (κ2) is 34.7. The lowest BCUT2D eigenvalue weighted by Gasteiger charge is -2.41. The fourth-order valence-corrected chi connectivity index (χ4v) is 10.6. The highest BCUT2D eigenvalue weighted by Gasteiger charge is 2.32. The van der Waals surface area contributed by atoms with Gasteiger partial charge in [-0.15, -0.1) is 6.42 Å². The Balaban J connectivity index is 2.51. The Morgan fingerprint density at radius 2 is 1.55 bits per heavy atom. The molecule has 1 rings (SSSR count). The van der Waals surface area contributed by atoms with Crippen LogP contribution < -0.4 is 10.7 Å². The first-order valence-corrected chi connectivity index (χ1v) is 26.7. The Hall–Kier alpha value is -3.55. The second-order valence-corrected chi connectivity index (χ2v) is 20.8. The molecule has 372 valence electrons. The van der Waals surface area contributed by atoms with E-state index in [1.54, 1.807) is 0 Å². The van der Waals surface area contributed by atoms with Crippen LogP contribution in [0.5, 0.6) is 0 Å². The zero-order valence-electron chi connectivity index (χ0n) is 44.9. The molecule has 2 N–H and O–H groups in total. The molecule has 0 bridgehead atoms. The molecule has 0 saturated heterocycles. The van der Waals surface area contributed by atoms with Gasteiger partial charge in [0.1, 0.15) is 0 Å². The third kappa shape index (κ3) is 23.5. The molecule has 0 aromatic rings. The van der Waals surface area contributed by atoms with Gasteiger partial charge in [0, 0.05) is 31.5 Å². The Labute approximate surface area is 410 Å². The standard InChI is InChI=1S/C62H103N3O/c1-18-57(38-29-27-35-51(12)60(21-4)62(66)52(13)36-30-31-41-64-46(6)7)50(11)34-25-23-24-32-47(8)42-54(15)55(16)58(19-2)44-48(9)43-53(14)49(10)33-26-28-37-56-39-40-61(59(20-3)45-56)65(22-5)63-17/h4,22-25,32,34,43,47,51,53-54,56-61,63-64H,5-6,10,13,16,18-20,26-31,33,35-42,44-45H2,1-3,7-9,11-12,14-15,17H3/b25-23+,32-24+,48-43+,50-34+/t47-,51?,53-,54?,56?,57+,58?,59?,60?,61?/m1/s1. The zero-order valence-corrected chi connectivity index (χ0v) is 44.9. The van der Waals surface area contributed by atoms with Gasteiger partial charge in [-0.05, 0) is 164 Å². The minimum Gasteiger partial charge on any atom is -0.389 e. The van der Waals surface area contributed by atoms with Crippen LogP contribution in [0.2, 0.25) is 0 Å². The van der Waals surface area contributed by atoms with E-state index in [0.717, 1.165) is 94.7 Å². The SMILES string of the molecule is C#CC(C(=O)C(=C)CCCCNC(=C)C)C(C)CCCC[C@H](CC)/C(C)=C/C=C/C=C/[C@@H](C)CC(C)C(=C)C(CC)C/C(C)=C/[C@@H](C)C(=C)CCCCC1CCC(N(C=C)NC)C(CC)C1. The lowest BCUT2D eigenvalue weighted by atomic mass is 9.74. The molecular formula is C62H103N3O. The van der Waals surface area contributed by atoms with Crippen molar-refractivity contribution in [1.82, 2.24) is 15.8 Å². The Kier molecular flexibility index (Phi) is 31.8. The second-order valence-electron chi connectivity index (χ2n) is 20.8. The molecule has 0 heterocycles. The van der Waals surface area contributed by atoms with Crippen molar-refractivity contribution in [2.24, 2.45) is 53.3 Å². The van der Waals surface area contributed by atoms with Gasteiger partial charge in [-0.25, -0.2) is 5.43 Å². The molecule has 1 aliphatic rings. The topological polar surface area (TPSA) is 44.4 Å². The van der Waals surface area contributed by atoms with Crippen LogP contribution in [0.15, 0.2) is 109 Å². The van der Waals surface area contributed by atoms with E-state index < -0.39 is 0 Å². The maximum Gasteiger partial charge on any atom is 0.173 e. The van der Waals surface area contributed by atoms with E-state index in [2.05, 4.69) is 153 Å². The number of Topliss-reactive ketones (excluding diaryl/α,β-unsaturated/α-hetero) is 1. The Morgan fingerprint density at radius 3 is 2.17 bits per heavy atom. The average Bonchev–Trinajstić information content (AvgIpc) is 3.29. The van der Waals surface area contributed by atoms with Gasteiger partial charge >= 0.3 is 0 Å². The number of rotatable bonds is 37. The van der Waals surface area contributed by atoms with Crippen LogP contribution in [0.4, 0.5) is 0 Å². The van der Waals surface area contributed by atoms with Crippen LogP contribution in [-0.2, 0) is 4.79 Å². The highest BCUT2D eigenvalue weighted by Crippen LogP contribution is 2.37. The fraction of sp³-hybridized carbons (Fsp3) is 0.661. The number of nitrogens with zero attached hydrogens (tertiary/aromatic N) is 1. The minimum atomic E-state index is -0.377. The lowest BCUT2D eigenvalue weighted by Crippen LogP contribution is -2.46. The number of hydrogen-bond donors (Lipinski definition) is 2. The quantitative estimate of drug-likeness (QED) is 0.0163. The van der Waals surface area contributed by atoms with Crippen molar-refractivity contribution < 1.29 is 4.79 Å². The summed E-state index contributed by atoms with van der Waals surface area (Å²) in [5.41, 5.74) is 10.7. The highest BCUT2D eigenvalue weighted by molar-refractivity contribution is 5.98. The smallest absolute Gasteiger partial charge is 0.173 e. The first-order valence-electron chi connectivity index (χ1n) is 26.7. The number of ketones is 1. The van der Waals surface area contributed by atoms with Gasteiger partial charge in [0.2, 0.25) is 0 Å². The highest BCUT2D eigenvalue weighted by atomic mass is 16.1. The lowest BCUT2D eigenvalue weighted by molar-refractivity contribution is -0.119. The van der Waals surface area contributed by atoms with Crippen molar-refractivity contribution in [3.63, 3.8) is 0 Å². The molecule has 0 spiro atoms. The first kappa shape index (κ1) is 60.5. The maximum absolute atomic E-state index is 13.1. The van der Waals surface area contributed by atoms with Crippen LogP contribution in [0, 0.1) is 65.6 Å². The average molecular weight is 907 g/mol. The van der Waals surface area contributed by atoms with Crippen LogP contribution in [0.25, 0.3) is 0 Å². The number of allylic oxidation sites excluding steroid dienone is 12. The van der Waals surface area contributed by atoms with E-state index in [4.69, 9.17) is 6.42 Å². The van der Waals surface area contributed by atoms with E-state index in [1.165, 1.54) is 67.2 Å². The summed E-state index contributed by atoms with van der Waals surface area (Å²) in [6.45, 7) is 44.7. The Bertz CT molecular complexity index is 1630. The molecule has 0 aromatic carbocycles. The van der Waals surface area contributed by atoms with E-state index in [0.29, 0.717) is 47.6 Å². The number of hydrogen-bond acceptors (Lipinski definition) is 4. The summed E-state index contributed by atoms with van der Waals surface area (Å²) >= 11 is 0. The molecule has 1 aliphatic carbocycles. The molecule has 1 fully saturated rings. The van der Waals surface area contributed by atoms with Crippen LogP contribution >= 0.6 is 0 Å². The maximum atomic E-state index is 13.1. The summed E-state index contributed by atoms with van der Waals surface area (Å²) in [7, 11) is 2.01. The predicted octanol–water partition coefficient (Wildman–Crippen LogP) is 17.0. The summed E-state index contributed by atoms with van der Waals surface area (Å²) in [6, 6.07) is 0.580. The van der Waals surface area contributed by atoms with Crippen molar-refractivity contribution in [3.8, 4) is 12.3 Å². The van der Waals surface area contributed by atoms with E-state index in [9.17, 15) is 4.79 Å². The predicted molar refractivity (Wildman–Crippen MR) is 294 cm³/mol. The first-order chi connectivity index (χ1) is 31.5. The molecule has 4 heteroatoms. The normalized spacial score (nSPS) is 20.2. The monoisotopic (exact) mass is 906 g/mol. The number of carbonyl (C=O) groups is 1. The van der Waals surface area contributed by atoms with E-state index in [-0.39, 0.29) is 17.6 Å². The van der Waals surface area contributed by atoms with Crippen LogP contribution in [-0.4, -0.2) is 30.4 Å². The molecular weight excluding hydrogens is 803 g/mol. The Morgan fingerprint density at radius 1 is 0.864 bits per heavy atom. The van der Waals surface area contributed by atoms with Gasteiger partial charge in [-0.3, -0.25) is 4.79 Å². The third-order valence-corrected chi connectivity index (χ3v) is 15.2. The minimum absolute atomic E-state index is 0.0571. The molecule has 7 unspecified atom stereocenters. The number of hydrazine groups is 1. The number of terminal acetylenes is 1. The molecule has 1 saturated carbocycles. The van der Waals surface area contributed by atoms with Crippen molar-refractivity contribution in [2.75, 3.05) is 13.6 Å². The zero-order chi connectivity index (χ0) is 49.6. The van der Waals surface area contributed by atoms with Gasteiger partial charge in [-0.2, -0.15) is 0 Å². The summed E-state index contributed by atoms with van der Waals surface area (Å²) in [5.74, 6) is 6.69. The number of nitrogens with one attached hydrogen (secondary N) is 2. The van der Waals surface area contributed by atoms with Gasteiger partial charge in [0.25, 0.3) is 0 Å². The molecule has 10 atom stereocenters. The van der Waals surface area contributed by atoms with Gasteiger partial charge < -0.3 is 10.3 Å². The van der Waals surface area contributed by atoms with Gasteiger partial charge in [-0.1, -0.05) is 178 Å². The molecule has 66 heavy (non-hydrogen) atoms. The van der Waals surface area contributed by atoms with E-state index in [1.807, 2.05) is 20.2 Å². The van der Waals surface area contributed by atoms with Gasteiger partial charge in [0.05, 0.1) is 5.92 Å². The number of unbranched alkanes of at least 4 members (excludes halogenated alkanes) is 3. The van der Waals surface area contributed by atoms with Crippen LogP contribution in [0.3, 0.4) is 0 Å². The molecule has 4 nitrogen and oxygen atoms in total. The third-order valence-electron chi connectivity index (χ3n) is 15.2. The molecule has 0 aliphatic heterocycles.